The van der Waals surface area contributed by atoms with Gasteiger partial charge in [-0.05, 0) is 55.7 Å². The Kier molecular flexibility index (Phi) is 10.4. The summed E-state index contributed by atoms with van der Waals surface area (Å²) in [6, 6.07) is 10.3. The van der Waals surface area contributed by atoms with Crippen molar-refractivity contribution in [1.82, 2.24) is 14.7 Å². The van der Waals surface area contributed by atoms with Gasteiger partial charge in [-0.3, -0.25) is 29.9 Å². The van der Waals surface area contributed by atoms with Crippen LogP contribution in [0.15, 0.2) is 53.5 Å². The summed E-state index contributed by atoms with van der Waals surface area (Å²) in [6.07, 6.45) is -1.11. The number of benzene rings is 2. The first-order valence-corrected chi connectivity index (χ1v) is 14.3. The van der Waals surface area contributed by atoms with E-state index in [0.29, 0.717) is 43.0 Å². The van der Waals surface area contributed by atoms with E-state index in [2.05, 4.69) is 17.6 Å². The van der Waals surface area contributed by atoms with Gasteiger partial charge >= 0.3 is 12.2 Å². The molecule has 0 unspecified atom stereocenters. The van der Waals surface area contributed by atoms with Gasteiger partial charge in [-0.15, -0.1) is 0 Å². The minimum Gasteiger partial charge on any atom is -0.445 e. The largest absolute Gasteiger partial charge is 0.445 e. The third-order valence-electron chi connectivity index (χ3n) is 7.44. The summed E-state index contributed by atoms with van der Waals surface area (Å²) >= 11 is 4.50. The molecule has 3 amide bonds. The number of piperazine rings is 1. The molecule has 2 heterocycles. The van der Waals surface area contributed by atoms with E-state index in [0.717, 1.165) is 0 Å². The first-order chi connectivity index (χ1) is 20.9. The normalized spacial score (nSPS) is 20.3. The molecule has 0 aliphatic carbocycles. The highest BCUT2D eigenvalue weighted by Crippen LogP contribution is 2.26. The number of amides is 3. The molecule has 234 valence electrons. The predicted molar refractivity (Wildman–Crippen MR) is 160 cm³/mol. The predicted octanol–water partition coefficient (Wildman–Crippen LogP) is 3.80. The lowest BCUT2D eigenvalue weighted by molar-refractivity contribution is -0.385. The summed E-state index contributed by atoms with van der Waals surface area (Å²) in [4.78, 5) is 68.4. The number of rotatable bonds is 7. The van der Waals surface area contributed by atoms with E-state index in [1.54, 1.807) is 11.8 Å². The number of carbonyl (C=O) groups excluding carboxylic acids is 3. The van der Waals surface area contributed by atoms with Crippen LogP contribution in [0.5, 0.6) is 0 Å². The Bertz CT molecular complexity index is 1440. The first kappa shape index (κ1) is 32.2. The maximum atomic E-state index is 13.6. The number of likely N-dealkylation sites (tertiary alicyclic amines) is 1. The Labute approximate surface area is 258 Å². The highest BCUT2D eigenvalue weighted by molar-refractivity contribution is 7.81. The van der Waals surface area contributed by atoms with Crippen LogP contribution < -0.4 is 0 Å². The number of ether oxygens (including phenoxy) is 2. The SMILES string of the molecule is CC(=NC(=O)OCc1ccc([N+](=O)[O-])cc1)N1CCN(C(=O)[C@@H]2C[C@H](S)CN2C(=O)OCc2ccc([N+](=O)[O-])cc2)[C@@H](C)C1. The molecule has 4 rings (SSSR count). The van der Waals surface area contributed by atoms with Gasteiger partial charge in [-0.1, -0.05) is 0 Å². The van der Waals surface area contributed by atoms with Gasteiger partial charge in [0.05, 0.1) is 9.85 Å². The van der Waals surface area contributed by atoms with Gasteiger partial charge in [0.25, 0.3) is 11.4 Å². The second kappa shape index (κ2) is 14.2. The number of non-ortho nitro benzene ring substituents is 2. The van der Waals surface area contributed by atoms with E-state index >= 15 is 0 Å². The summed E-state index contributed by atoms with van der Waals surface area (Å²) in [5.41, 5.74) is 1.02. The molecule has 3 atom stereocenters. The maximum Gasteiger partial charge on any atom is 0.435 e. The summed E-state index contributed by atoms with van der Waals surface area (Å²) in [7, 11) is 0. The smallest absolute Gasteiger partial charge is 0.435 e. The fraction of sp³-hybridized carbons (Fsp3) is 0.429. The minimum absolute atomic E-state index is 0.0635. The van der Waals surface area contributed by atoms with Crippen molar-refractivity contribution in [2.45, 2.75) is 50.8 Å². The van der Waals surface area contributed by atoms with Crippen LogP contribution in [0.3, 0.4) is 0 Å². The molecule has 2 fully saturated rings. The van der Waals surface area contributed by atoms with E-state index in [1.807, 2.05) is 11.8 Å². The fourth-order valence-electron chi connectivity index (χ4n) is 5.06. The average Bonchev–Trinajstić information content (AvgIpc) is 3.40. The molecule has 15 nitrogen and oxygen atoms in total. The van der Waals surface area contributed by atoms with Crippen molar-refractivity contribution < 1.29 is 33.7 Å². The van der Waals surface area contributed by atoms with E-state index in [9.17, 15) is 34.6 Å². The first-order valence-electron chi connectivity index (χ1n) is 13.8. The number of aliphatic imine (C=N–C) groups is 1. The number of carbonyl (C=O) groups is 3. The number of thiol groups is 1. The fourth-order valence-corrected chi connectivity index (χ4v) is 5.43. The summed E-state index contributed by atoms with van der Waals surface area (Å²) < 4.78 is 10.6. The van der Waals surface area contributed by atoms with Crippen molar-refractivity contribution in [3.05, 3.63) is 79.9 Å². The number of nitro benzene ring substituents is 2. The zero-order chi connectivity index (χ0) is 32.0. The van der Waals surface area contributed by atoms with Crippen molar-refractivity contribution in [3.63, 3.8) is 0 Å². The number of hydrogen-bond acceptors (Lipinski definition) is 10. The van der Waals surface area contributed by atoms with Crippen molar-refractivity contribution in [2.75, 3.05) is 26.2 Å². The van der Waals surface area contributed by atoms with Gasteiger partial charge in [0.2, 0.25) is 5.91 Å². The van der Waals surface area contributed by atoms with Crippen molar-refractivity contribution in [2.24, 2.45) is 4.99 Å². The molecule has 0 bridgehead atoms. The Balaban J connectivity index is 1.29. The van der Waals surface area contributed by atoms with Crippen LogP contribution in [0, 0.1) is 20.2 Å². The zero-order valence-electron chi connectivity index (χ0n) is 24.1. The third-order valence-corrected chi connectivity index (χ3v) is 7.81. The molecule has 2 aliphatic heterocycles. The lowest BCUT2D eigenvalue weighted by Crippen LogP contribution is -2.59. The van der Waals surface area contributed by atoms with E-state index in [-0.39, 0.29) is 48.3 Å². The second-order valence-electron chi connectivity index (χ2n) is 10.5. The van der Waals surface area contributed by atoms with Gasteiger partial charge < -0.3 is 19.3 Å². The monoisotopic (exact) mass is 628 g/mol. The topological polar surface area (TPSA) is 178 Å². The van der Waals surface area contributed by atoms with Crippen LogP contribution >= 0.6 is 12.6 Å². The average molecular weight is 629 g/mol. The molecule has 44 heavy (non-hydrogen) atoms. The maximum absolute atomic E-state index is 13.6. The summed E-state index contributed by atoms with van der Waals surface area (Å²) in [5, 5.41) is 21.4. The Morgan fingerprint density at radius 2 is 1.43 bits per heavy atom. The zero-order valence-corrected chi connectivity index (χ0v) is 25.0. The molecule has 2 aromatic carbocycles. The van der Waals surface area contributed by atoms with E-state index in [1.165, 1.54) is 53.4 Å². The quantitative estimate of drug-likeness (QED) is 0.156. The highest BCUT2D eigenvalue weighted by atomic mass is 32.1. The molecule has 0 radical (unpaired) electrons. The molecule has 0 spiro atoms. The molecular weight excluding hydrogens is 596 g/mol. The molecule has 2 saturated heterocycles. The van der Waals surface area contributed by atoms with Crippen LogP contribution in [0.25, 0.3) is 0 Å². The van der Waals surface area contributed by atoms with Crippen LogP contribution in [0.2, 0.25) is 0 Å². The van der Waals surface area contributed by atoms with Gasteiger partial charge in [0, 0.05) is 61.7 Å². The van der Waals surface area contributed by atoms with Crippen molar-refractivity contribution in [3.8, 4) is 0 Å². The highest BCUT2D eigenvalue weighted by Gasteiger charge is 2.43. The van der Waals surface area contributed by atoms with Gasteiger partial charge in [0.15, 0.2) is 0 Å². The summed E-state index contributed by atoms with van der Waals surface area (Å²) in [6.45, 7) is 4.73. The molecular formula is C28H32N6O9S. The van der Waals surface area contributed by atoms with Crippen molar-refractivity contribution in [1.29, 1.82) is 0 Å². The number of hydrogen-bond donors (Lipinski definition) is 1. The number of nitro groups is 2. The van der Waals surface area contributed by atoms with Crippen molar-refractivity contribution >= 4 is 47.9 Å². The number of amidine groups is 1. The molecule has 2 aromatic rings. The van der Waals surface area contributed by atoms with E-state index in [4.69, 9.17) is 9.47 Å². The van der Waals surface area contributed by atoms with Crippen LogP contribution in [-0.2, 0) is 27.5 Å². The van der Waals surface area contributed by atoms with Crippen LogP contribution in [-0.4, -0.2) is 92.0 Å². The van der Waals surface area contributed by atoms with Crippen LogP contribution in [0.1, 0.15) is 31.4 Å². The van der Waals surface area contributed by atoms with Gasteiger partial charge in [0.1, 0.15) is 25.1 Å². The summed E-state index contributed by atoms with van der Waals surface area (Å²) in [5.74, 6) is 0.198. The molecule has 0 N–H and O–H groups in total. The van der Waals surface area contributed by atoms with E-state index < -0.39 is 28.1 Å². The molecule has 16 heteroatoms. The standard InChI is InChI=1S/C28H32N6O9S/c1-18-14-30(19(2)29-27(36)42-16-20-3-7-22(8-4-20)33(38)39)11-12-31(18)26(35)25-13-24(44)15-32(25)28(37)43-17-21-5-9-23(10-6-21)34(40)41/h3-10,18,24-25,44H,11-17H2,1-2H3/t18-,24-,25-/m0/s1. The van der Waals surface area contributed by atoms with Crippen LogP contribution in [0.4, 0.5) is 21.0 Å². The minimum atomic E-state index is -0.805. The lowest BCUT2D eigenvalue weighted by Gasteiger charge is -2.42. The Morgan fingerprint density at radius 3 is 1.95 bits per heavy atom. The second-order valence-corrected chi connectivity index (χ2v) is 11.2. The van der Waals surface area contributed by atoms with Gasteiger partial charge in [-0.2, -0.15) is 17.6 Å². The number of nitrogens with zero attached hydrogens (tertiary/aromatic N) is 6. The Morgan fingerprint density at radius 1 is 0.886 bits per heavy atom. The van der Waals surface area contributed by atoms with Gasteiger partial charge in [-0.25, -0.2) is 9.59 Å². The molecule has 0 aromatic heterocycles. The third kappa shape index (κ3) is 8.00. The lowest BCUT2D eigenvalue weighted by atomic mass is 10.1. The molecule has 2 aliphatic rings. The molecule has 0 saturated carbocycles. The Hall–Kier alpha value is -4.73.